The van der Waals surface area contributed by atoms with Crippen molar-refractivity contribution >= 4 is 0 Å². The number of unbranched alkanes of at least 4 members (excludes halogenated alkanes) is 1. The number of piperidine rings is 1. The lowest BCUT2D eigenvalue weighted by Gasteiger charge is -2.34. The minimum Gasteiger partial charge on any atom is -0.329 e. The Hall–Kier alpha value is -1.09. The zero-order chi connectivity index (χ0) is 15.1. The van der Waals surface area contributed by atoms with Crippen LogP contribution in [-0.4, -0.2) is 29.5 Å². The third kappa shape index (κ3) is 4.99. The van der Waals surface area contributed by atoms with Gasteiger partial charge in [0.25, 0.3) is 0 Å². The second-order valence-corrected chi connectivity index (χ2v) is 6.48. The van der Waals surface area contributed by atoms with Gasteiger partial charge in [-0.05, 0) is 55.8 Å². The van der Waals surface area contributed by atoms with E-state index in [-0.39, 0.29) is 5.56 Å². The molecule has 0 saturated carbocycles. The van der Waals surface area contributed by atoms with Gasteiger partial charge in [-0.2, -0.15) is 0 Å². The Labute approximate surface area is 128 Å². The molecule has 0 spiro atoms. The molecule has 1 atom stereocenters. The van der Waals surface area contributed by atoms with Crippen LogP contribution in [0.25, 0.3) is 0 Å². The summed E-state index contributed by atoms with van der Waals surface area (Å²) in [6.45, 7) is 8.22. The van der Waals surface area contributed by atoms with E-state index >= 15 is 0 Å². The number of likely N-dealkylation sites (tertiary alicyclic amines) is 1. The largest absolute Gasteiger partial charge is 0.329 e. The van der Waals surface area contributed by atoms with Gasteiger partial charge in [0.1, 0.15) is 0 Å². The molecule has 3 nitrogen and oxygen atoms in total. The number of nitrogens with zero attached hydrogens (tertiary/aromatic N) is 1. The SMILES string of the molecule is CCCCC(CC)CN1CCC(c2cc[nH]c(=O)c2)CC1. The maximum atomic E-state index is 11.4. The average molecular weight is 290 g/mol. The van der Waals surface area contributed by atoms with E-state index in [1.54, 1.807) is 12.3 Å². The first-order valence-electron chi connectivity index (χ1n) is 8.63. The Morgan fingerprint density at radius 2 is 2.10 bits per heavy atom. The summed E-state index contributed by atoms with van der Waals surface area (Å²) in [5.41, 5.74) is 1.25. The second-order valence-electron chi connectivity index (χ2n) is 6.48. The first-order valence-corrected chi connectivity index (χ1v) is 8.63. The van der Waals surface area contributed by atoms with E-state index in [1.165, 1.54) is 63.7 Å². The third-order valence-electron chi connectivity index (χ3n) is 4.92. The smallest absolute Gasteiger partial charge is 0.248 e. The summed E-state index contributed by atoms with van der Waals surface area (Å²) in [5, 5.41) is 0. The van der Waals surface area contributed by atoms with Crippen LogP contribution in [0.3, 0.4) is 0 Å². The van der Waals surface area contributed by atoms with Gasteiger partial charge in [0.2, 0.25) is 5.56 Å². The molecule has 1 aromatic rings. The highest BCUT2D eigenvalue weighted by Crippen LogP contribution is 2.28. The molecule has 3 heteroatoms. The molecule has 2 heterocycles. The summed E-state index contributed by atoms with van der Waals surface area (Å²) in [5.74, 6) is 1.43. The Bertz CT molecular complexity index is 460. The van der Waals surface area contributed by atoms with Crippen LogP contribution < -0.4 is 5.56 Å². The van der Waals surface area contributed by atoms with Crippen molar-refractivity contribution in [3.8, 4) is 0 Å². The summed E-state index contributed by atoms with van der Waals surface area (Å²) in [6.07, 6.45) is 9.50. The van der Waals surface area contributed by atoms with Crippen molar-refractivity contribution in [2.24, 2.45) is 5.92 Å². The van der Waals surface area contributed by atoms with Gasteiger partial charge in [-0.1, -0.05) is 33.1 Å². The molecule has 1 saturated heterocycles. The number of aromatic nitrogens is 1. The van der Waals surface area contributed by atoms with Gasteiger partial charge >= 0.3 is 0 Å². The van der Waals surface area contributed by atoms with E-state index in [1.807, 2.05) is 0 Å². The minimum absolute atomic E-state index is 0.0283. The minimum atomic E-state index is 0.0283. The molecular weight excluding hydrogens is 260 g/mol. The molecule has 0 aliphatic carbocycles. The zero-order valence-corrected chi connectivity index (χ0v) is 13.6. The molecular formula is C18H30N2O. The number of nitrogens with one attached hydrogen (secondary N) is 1. The lowest BCUT2D eigenvalue weighted by Crippen LogP contribution is -2.36. The highest BCUT2D eigenvalue weighted by atomic mass is 16.1. The highest BCUT2D eigenvalue weighted by Gasteiger charge is 2.22. The Morgan fingerprint density at radius 3 is 2.71 bits per heavy atom. The van der Waals surface area contributed by atoms with E-state index in [0.29, 0.717) is 5.92 Å². The van der Waals surface area contributed by atoms with Gasteiger partial charge in [-0.25, -0.2) is 0 Å². The number of aromatic amines is 1. The molecule has 2 rings (SSSR count). The molecule has 118 valence electrons. The van der Waals surface area contributed by atoms with Crippen LogP contribution in [0.15, 0.2) is 23.1 Å². The van der Waals surface area contributed by atoms with Crippen LogP contribution in [0.1, 0.15) is 63.9 Å². The molecule has 0 aromatic carbocycles. The summed E-state index contributed by atoms with van der Waals surface area (Å²) in [6, 6.07) is 3.84. The van der Waals surface area contributed by atoms with E-state index < -0.39 is 0 Å². The monoisotopic (exact) mass is 290 g/mol. The molecule has 0 radical (unpaired) electrons. The molecule has 1 aromatic heterocycles. The van der Waals surface area contributed by atoms with E-state index in [4.69, 9.17) is 0 Å². The number of hydrogen-bond donors (Lipinski definition) is 1. The normalized spacial score (nSPS) is 18.8. The molecule has 0 amide bonds. The maximum Gasteiger partial charge on any atom is 0.248 e. The highest BCUT2D eigenvalue weighted by molar-refractivity contribution is 5.16. The Balaban J connectivity index is 1.81. The quantitative estimate of drug-likeness (QED) is 0.830. The number of rotatable bonds is 7. The average Bonchev–Trinajstić information content (AvgIpc) is 2.52. The van der Waals surface area contributed by atoms with Gasteiger partial charge in [0.05, 0.1) is 0 Å². The van der Waals surface area contributed by atoms with Gasteiger partial charge in [-0.3, -0.25) is 4.79 Å². The molecule has 21 heavy (non-hydrogen) atoms. The standard InChI is InChI=1S/C18H30N2O/c1-3-5-6-15(4-2)14-20-11-8-16(9-12-20)17-7-10-19-18(21)13-17/h7,10,13,15-16H,3-6,8-9,11-12,14H2,1-2H3,(H,19,21). The van der Waals surface area contributed by atoms with Crippen molar-refractivity contribution in [2.45, 2.75) is 58.3 Å². The van der Waals surface area contributed by atoms with Crippen molar-refractivity contribution in [2.75, 3.05) is 19.6 Å². The first-order chi connectivity index (χ1) is 10.2. The topological polar surface area (TPSA) is 36.1 Å². The molecule has 1 unspecified atom stereocenters. The number of H-pyrrole nitrogens is 1. The Morgan fingerprint density at radius 1 is 1.33 bits per heavy atom. The van der Waals surface area contributed by atoms with Crippen molar-refractivity contribution in [3.05, 3.63) is 34.2 Å². The predicted octanol–water partition coefficient (Wildman–Crippen LogP) is 3.77. The summed E-state index contributed by atoms with van der Waals surface area (Å²) < 4.78 is 0. The van der Waals surface area contributed by atoms with E-state index in [2.05, 4.69) is 29.8 Å². The summed E-state index contributed by atoms with van der Waals surface area (Å²) in [4.78, 5) is 16.8. The molecule has 1 aliphatic heterocycles. The number of hydrogen-bond acceptors (Lipinski definition) is 2. The second kappa shape index (κ2) is 8.38. The third-order valence-corrected chi connectivity index (χ3v) is 4.92. The van der Waals surface area contributed by atoms with Gasteiger partial charge in [-0.15, -0.1) is 0 Å². The molecule has 0 bridgehead atoms. The fourth-order valence-electron chi connectivity index (χ4n) is 3.45. The van der Waals surface area contributed by atoms with Crippen LogP contribution in [0.2, 0.25) is 0 Å². The van der Waals surface area contributed by atoms with Gasteiger partial charge < -0.3 is 9.88 Å². The van der Waals surface area contributed by atoms with Crippen molar-refractivity contribution in [3.63, 3.8) is 0 Å². The number of pyridine rings is 1. The van der Waals surface area contributed by atoms with Crippen molar-refractivity contribution in [1.82, 2.24) is 9.88 Å². The van der Waals surface area contributed by atoms with Crippen LogP contribution in [0.4, 0.5) is 0 Å². The van der Waals surface area contributed by atoms with Crippen LogP contribution >= 0.6 is 0 Å². The van der Waals surface area contributed by atoms with Crippen LogP contribution in [0, 0.1) is 5.92 Å². The van der Waals surface area contributed by atoms with Crippen molar-refractivity contribution < 1.29 is 0 Å². The molecule has 1 fully saturated rings. The fourth-order valence-corrected chi connectivity index (χ4v) is 3.45. The predicted molar refractivity (Wildman–Crippen MR) is 88.8 cm³/mol. The van der Waals surface area contributed by atoms with E-state index in [0.717, 1.165) is 5.92 Å². The Kier molecular flexibility index (Phi) is 6.50. The fraction of sp³-hybridized carbons (Fsp3) is 0.722. The summed E-state index contributed by atoms with van der Waals surface area (Å²) in [7, 11) is 0. The first kappa shape index (κ1) is 16.3. The summed E-state index contributed by atoms with van der Waals surface area (Å²) >= 11 is 0. The van der Waals surface area contributed by atoms with Crippen LogP contribution in [0.5, 0.6) is 0 Å². The molecule has 1 aliphatic rings. The zero-order valence-electron chi connectivity index (χ0n) is 13.6. The lowest BCUT2D eigenvalue weighted by atomic mass is 9.89. The maximum absolute atomic E-state index is 11.4. The van der Waals surface area contributed by atoms with Gasteiger partial charge in [0, 0.05) is 18.8 Å². The van der Waals surface area contributed by atoms with Crippen molar-refractivity contribution in [1.29, 1.82) is 0 Å². The van der Waals surface area contributed by atoms with Gasteiger partial charge in [0.15, 0.2) is 0 Å². The lowest BCUT2D eigenvalue weighted by molar-refractivity contribution is 0.175. The molecule has 1 N–H and O–H groups in total. The van der Waals surface area contributed by atoms with Crippen LogP contribution in [-0.2, 0) is 0 Å². The van der Waals surface area contributed by atoms with E-state index in [9.17, 15) is 4.79 Å².